The molecular formula is C19H20BrN3O4. The van der Waals surface area contributed by atoms with Crippen molar-refractivity contribution in [3.63, 3.8) is 0 Å². The van der Waals surface area contributed by atoms with Crippen LogP contribution in [0, 0.1) is 0 Å². The largest absolute Gasteiger partial charge is 0.489 e. The van der Waals surface area contributed by atoms with Gasteiger partial charge in [0.2, 0.25) is 0 Å². The highest BCUT2D eigenvalue weighted by Crippen LogP contribution is 2.15. The Bertz CT molecular complexity index is 777. The second-order valence-corrected chi connectivity index (χ2v) is 6.35. The highest BCUT2D eigenvalue weighted by molar-refractivity contribution is 9.10. The minimum absolute atomic E-state index is 0.258. The van der Waals surface area contributed by atoms with Crippen LogP contribution in [0.3, 0.4) is 0 Å². The topological polar surface area (TPSA) is 89.0 Å². The number of hydrogen-bond acceptors (Lipinski definition) is 5. The molecule has 0 atom stereocenters. The monoisotopic (exact) mass is 433 g/mol. The first-order valence-corrected chi connectivity index (χ1v) is 8.95. The summed E-state index contributed by atoms with van der Waals surface area (Å²) in [5, 5.41) is 6.16. The van der Waals surface area contributed by atoms with Crippen molar-refractivity contribution in [3.05, 3.63) is 64.1 Å². The number of rotatable bonds is 8. The number of nitrogens with zero attached hydrogens (tertiary/aromatic N) is 1. The van der Waals surface area contributed by atoms with Gasteiger partial charge in [-0.15, -0.1) is 0 Å². The van der Waals surface area contributed by atoms with Crippen LogP contribution in [0.1, 0.15) is 11.1 Å². The normalized spacial score (nSPS) is 10.6. The van der Waals surface area contributed by atoms with Crippen molar-refractivity contribution in [3.8, 4) is 5.75 Å². The predicted molar refractivity (Wildman–Crippen MR) is 106 cm³/mol. The van der Waals surface area contributed by atoms with Crippen molar-refractivity contribution < 1.29 is 19.1 Å². The Morgan fingerprint density at radius 2 is 1.78 bits per heavy atom. The molecular weight excluding hydrogens is 414 g/mol. The van der Waals surface area contributed by atoms with Gasteiger partial charge in [-0.1, -0.05) is 28.1 Å². The lowest BCUT2D eigenvalue weighted by Crippen LogP contribution is -2.39. The van der Waals surface area contributed by atoms with Crippen molar-refractivity contribution >= 4 is 34.0 Å². The molecule has 0 aliphatic heterocycles. The molecule has 0 heterocycles. The van der Waals surface area contributed by atoms with Crippen LogP contribution in [0.2, 0.25) is 0 Å². The van der Waals surface area contributed by atoms with E-state index in [1.54, 1.807) is 24.3 Å². The van der Waals surface area contributed by atoms with Gasteiger partial charge in [0.25, 0.3) is 0 Å². The highest BCUT2D eigenvalue weighted by atomic mass is 79.9. The summed E-state index contributed by atoms with van der Waals surface area (Å²) in [6.07, 6.45) is 1.44. The molecule has 2 aromatic carbocycles. The summed E-state index contributed by atoms with van der Waals surface area (Å²) in [5.41, 5.74) is 3.99. The van der Waals surface area contributed by atoms with Crippen molar-refractivity contribution in [1.82, 2.24) is 10.7 Å². The highest BCUT2D eigenvalue weighted by Gasteiger charge is 2.11. The zero-order chi connectivity index (χ0) is 19.5. The molecule has 2 N–H and O–H groups in total. The minimum Gasteiger partial charge on any atom is -0.489 e. The maximum Gasteiger partial charge on any atom is 0.329 e. The van der Waals surface area contributed by atoms with E-state index in [0.29, 0.717) is 13.2 Å². The number of methoxy groups -OCH3 is 1. The molecule has 0 saturated carbocycles. The number of hydrazone groups is 1. The molecule has 0 aromatic heterocycles. The molecule has 7 nitrogen and oxygen atoms in total. The quantitative estimate of drug-likeness (QED) is 0.289. The van der Waals surface area contributed by atoms with Crippen LogP contribution < -0.4 is 15.5 Å². The van der Waals surface area contributed by atoms with Crippen LogP contribution in [-0.2, 0) is 20.9 Å². The molecule has 0 fully saturated rings. The van der Waals surface area contributed by atoms with E-state index in [2.05, 4.69) is 31.8 Å². The Balaban J connectivity index is 1.77. The van der Waals surface area contributed by atoms with E-state index in [0.717, 1.165) is 21.3 Å². The van der Waals surface area contributed by atoms with Gasteiger partial charge >= 0.3 is 11.8 Å². The molecule has 0 saturated heterocycles. The van der Waals surface area contributed by atoms with Crippen LogP contribution in [0.15, 0.2) is 58.1 Å². The van der Waals surface area contributed by atoms with Gasteiger partial charge in [-0.2, -0.15) is 5.10 Å². The summed E-state index contributed by atoms with van der Waals surface area (Å²) in [6.45, 7) is 1.06. The molecule has 8 heteroatoms. The fraction of sp³-hybridized carbons (Fsp3) is 0.211. The Hall–Kier alpha value is -2.71. The van der Waals surface area contributed by atoms with Gasteiger partial charge in [-0.25, -0.2) is 5.43 Å². The number of amides is 2. The lowest BCUT2D eigenvalue weighted by atomic mass is 10.2. The van der Waals surface area contributed by atoms with Gasteiger partial charge in [0.05, 0.1) is 12.8 Å². The summed E-state index contributed by atoms with van der Waals surface area (Å²) in [7, 11) is 1.51. The van der Waals surface area contributed by atoms with Crippen LogP contribution >= 0.6 is 15.9 Å². The standard InChI is InChI=1S/C19H20BrN3O4/c1-26-11-10-21-18(24)19(25)23-22-12-14-4-8-17(9-5-14)27-13-15-2-6-16(20)7-3-15/h2-9,12H,10-11,13H2,1H3,(H,21,24)(H,23,25)/b22-12+. The molecule has 0 aliphatic carbocycles. The lowest BCUT2D eigenvalue weighted by Gasteiger charge is -2.06. The molecule has 2 aromatic rings. The minimum atomic E-state index is -0.836. The maximum absolute atomic E-state index is 11.5. The third-order valence-corrected chi connectivity index (χ3v) is 3.91. The third-order valence-electron chi connectivity index (χ3n) is 3.38. The molecule has 142 valence electrons. The Labute approximate surface area is 165 Å². The summed E-state index contributed by atoms with van der Waals surface area (Å²) in [5.74, 6) is -0.880. The smallest absolute Gasteiger partial charge is 0.329 e. The fourth-order valence-corrected chi connectivity index (χ4v) is 2.22. The van der Waals surface area contributed by atoms with Crippen molar-refractivity contribution in [1.29, 1.82) is 0 Å². The van der Waals surface area contributed by atoms with Crippen LogP contribution in [-0.4, -0.2) is 38.3 Å². The maximum atomic E-state index is 11.5. The van der Waals surface area contributed by atoms with E-state index >= 15 is 0 Å². The van der Waals surface area contributed by atoms with Crippen LogP contribution in [0.4, 0.5) is 0 Å². The summed E-state index contributed by atoms with van der Waals surface area (Å²) in [4.78, 5) is 23.0. The molecule has 2 rings (SSSR count). The Kier molecular flexibility index (Phi) is 8.47. The zero-order valence-electron chi connectivity index (χ0n) is 14.8. The summed E-state index contributed by atoms with van der Waals surface area (Å²) in [6, 6.07) is 15.1. The van der Waals surface area contributed by atoms with E-state index in [1.807, 2.05) is 24.3 Å². The fourth-order valence-electron chi connectivity index (χ4n) is 1.96. The molecule has 0 bridgehead atoms. The van der Waals surface area contributed by atoms with Crippen molar-refractivity contribution in [2.24, 2.45) is 5.10 Å². The number of ether oxygens (including phenoxy) is 2. The van der Waals surface area contributed by atoms with Gasteiger partial charge < -0.3 is 14.8 Å². The number of carbonyl (C=O) groups is 2. The first-order chi connectivity index (χ1) is 13.1. The van der Waals surface area contributed by atoms with E-state index in [4.69, 9.17) is 9.47 Å². The molecule has 27 heavy (non-hydrogen) atoms. The van der Waals surface area contributed by atoms with Gasteiger partial charge in [0.15, 0.2) is 0 Å². The number of carbonyl (C=O) groups excluding carboxylic acids is 2. The molecule has 2 amide bonds. The molecule has 0 radical (unpaired) electrons. The predicted octanol–water partition coefficient (Wildman–Crippen LogP) is 2.24. The average Bonchev–Trinajstić information content (AvgIpc) is 2.68. The summed E-state index contributed by atoms with van der Waals surface area (Å²) >= 11 is 3.39. The van der Waals surface area contributed by atoms with E-state index in [-0.39, 0.29) is 6.54 Å². The van der Waals surface area contributed by atoms with Crippen molar-refractivity contribution in [2.75, 3.05) is 20.3 Å². The number of benzene rings is 2. The first-order valence-electron chi connectivity index (χ1n) is 8.16. The SMILES string of the molecule is COCCNC(=O)C(=O)N/N=C/c1ccc(OCc2ccc(Br)cc2)cc1. The van der Waals surface area contributed by atoms with Gasteiger partial charge in [-0.05, 0) is 47.5 Å². The van der Waals surface area contributed by atoms with Crippen molar-refractivity contribution in [2.45, 2.75) is 6.61 Å². The summed E-state index contributed by atoms with van der Waals surface area (Å²) < 4.78 is 11.5. The molecule has 0 spiro atoms. The second-order valence-electron chi connectivity index (χ2n) is 5.43. The molecule has 0 aliphatic rings. The van der Waals surface area contributed by atoms with E-state index in [9.17, 15) is 9.59 Å². The van der Waals surface area contributed by atoms with Crippen LogP contribution in [0.25, 0.3) is 0 Å². The van der Waals surface area contributed by atoms with Crippen LogP contribution in [0.5, 0.6) is 5.75 Å². The third kappa shape index (κ3) is 7.59. The zero-order valence-corrected chi connectivity index (χ0v) is 16.4. The first kappa shape index (κ1) is 20.6. The number of halogens is 1. The molecule has 0 unspecified atom stereocenters. The Morgan fingerprint density at radius 1 is 1.07 bits per heavy atom. The van der Waals surface area contributed by atoms with Gasteiger partial charge in [0, 0.05) is 18.1 Å². The lowest BCUT2D eigenvalue weighted by molar-refractivity contribution is -0.139. The number of hydrogen-bond donors (Lipinski definition) is 2. The average molecular weight is 434 g/mol. The number of nitrogens with one attached hydrogen (secondary N) is 2. The van der Waals surface area contributed by atoms with E-state index < -0.39 is 11.8 Å². The Morgan fingerprint density at radius 3 is 2.44 bits per heavy atom. The second kappa shape index (κ2) is 11.1. The van der Waals surface area contributed by atoms with Gasteiger partial charge in [-0.3, -0.25) is 9.59 Å². The van der Waals surface area contributed by atoms with E-state index in [1.165, 1.54) is 13.3 Å². The van der Waals surface area contributed by atoms with Gasteiger partial charge in [0.1, 0.15) is 12.4 Å².